The van der Waals surface area contributed by atoms with Crippen molar-refractivity contribution in [2.75, 3.05) is 0 Å². The minimum Gasteiger partial charge on any atom is -0.290 e. The molecule has 0 N–H and O–H groups in total. The highest BCUT2D eigenvalue weighted by molar-refractivity contribution is 5.94. The molecule has 1 heterocycles. The van der Waals surface area contributed by atoms with Crippen molar-refractivity contribution in [1.29, 1.82) is 0 Å². The Balaban J connectivity index is 1.87. The van der Waals surface area contributed by atoms with E-state index < -0.39 is 0 Å². The number of rotatable bonds is 5. The van der Waals surface area contributed by atoms with Gasteiger partial charge in [0.15, 0.2) is 5.82 Å². The first kappa shape index (κ1) is 15.8. The van der Waals surface area contributed by atoms with Crippen molar-refractivity contribution in [2.24, 2.45) is 0 Å². The van der Waals surface area contributed by atoms with Crippen LogP contribution in [0.15, 0.2) is 67.5 Å². The van der Waals surface area contributed by atoms with E-state index in [0.717, 1.165) is 27.8 Å². The molecule has 0 saturated heterocycles. The van der Waals surface area contributed by atoms with Crippen LogP contribution in [0.25, 0.3) is 17.2 Å². The van der Waals surface area contributed by atoms with E-state index in [2.05, 4.69) is 34.7 Å². The predicted molar refractivity (Wildman–Crippen MR) is 96.8 cm³/mol. The third kappa shape index (κ3) is 3.30. The molecule has 3 heteroatoms. The first-order chi connectivity index (χ1) is 11.7. The van der Waals surface area contributed by atoms with Crippen molar-refractivity contribution in [3.8, 4) is 11.1 Å². The van der Waals surface area contributed by atoms with E-state index in [1.807, 2.05) is 37.3 Å². The topological polar surface area (TPSA) is 42.9 Å². The molecule has 0 aliphatic rings. The molecule has 3 nitrogen and oxygen atoms in total. The standard InChI is InChI=1S/C21H18N2O/c1-3-16-13-22-21(23-14-16)20(24)12-18-10-7-11-19(15(18)2)17-8-5-4-6-9-17/h3-11,13-14H,1,12H2,2H3. The van der Waals surface area contributed by atoms with Gasteiger partial charge in [-0.05, 0) is 29.2 Å². The van der Waals surface area contributed by atoms with Crippen LogP contribution in [0.2, 0.25) is 0 Å². The van der Waals surface area contributed by atoms with Gasteiger partial charge in [0.05, 0.1) is 0 Å². The third-order valence-electron chi connectivity index (χ3n) is 4.04. The molecule has 0 spiro atoms. The van der Waals surface area contributed by atoms with Gasteiger partial charge in [-0.3, -0.25) is 4.79 Å². The lowest BCUT2D eigenvalue weighted by Gasteiger charge is -2.11. The van der Waals surface area contributed by atoms with Gasteiger partial charge in [0.25, 0.3) is 0 Å². The summed E-state index contributed by atoms with van der Waals surface area (Å²) in [6.07, 6.45) is 5.17. The Kier molecular flexibility index (Phi) is 4.62. The lowest BCUT2D eigenvalue weighted by atomic mass is 9.94. The first-order valence-corrected chi connectivity index (χ1v) is 7.80. The fourth-order valence-electron chi connectivity index (χ4n) is 2.64. The Morgan fingerprint density at radius 1 is 1.04 bits per heavy atom. The maximum absolute atomic E-state index is 12.5. The SMILES string of the molecule is C=Cc1cnc(C(=O)Cc2cccc(-c3ccccc3)c2C)nc1. The van der Waals surface area contributed by atoms with Crippen molar-refractivity contribution in [3.05, 3.63) is 90.0 Å². The van der Waals surface area contributed by atoms with Gasteiger partial charge in [-0.15, -0.1) is 0 Å². The quantitative estimate of drug-likeness (QED) is 0.650. The van der Waals surface area contributed by atoms with Crippen molar-refractivity contribution < 1.29 is 4.79 Å². The molecule has 0 atom stereocenters. The average Bonchev–Trinajstić information content (AvgIpc) is 2.64. The smallest absolute Gasteiger partial charge is 0.204 e. The van der Waals surface area contributed by atoms with Crippen LogP contribution in [0.4, 0.5) is 0 Å². The Bertz CT molecular complexity index is 868. The molecule has 0 bridgehead atoms. The summed E-state index contributed by atoms with van der Waals surface area (Å²) in [5.74, 6) is 0.157. The molecule has 0 amide bonds. The van der Waals surface area contributed by atoms with Crippen LogP contribution in [0.3, 0.4) is 0 Å². The molecule has 0 unspecified atom stereocenters. The number of ketones is 1. The molecular weight excluding hydrogens is 296 g/mol. The number of nitrogens with zero attached hydrogens (tertiary/aromatic N) is 2. The van der Waals surface area contributed by atoms with E-state index in [1.165, 1.54) is 0 Å². The van der Waals surface area contributed by atoms with Crippen LogP contribution >= 0.6 is 0 Å². The predicted octanol–water partition coefficient (Wildman–Crippen LogP) is 4.52. The lowest BCUT2D eigenvalue weighted by Crippen LogP contribution is -2.09. The molecule has 24 heavy (non-hydrogen) atoms. The van der Waals surface area contributed by atoms with Gasteiger partial charge in [-0.2, -0.15) is 0 Å². The molecule has 1 aromatic heterocycles. The van der Waals surface area contributed by atoms with Gasteiger partial charge >= 0.3 is 0 Å². The Morgan fingerprint density at radius 2 is 1.75 bits per heavy atom. The molecule has 118 valence electrons. The van der Waals surface area contributed by atoms with Gasteiger partial charge in [0.2, 0.25) is 5.78 Å². The molecule has 0 saturated carbocycles. The summed E-state index contributed by atoms with van der Waals surface area (Å²) in [4.78, 5) is 20.7. The third-order valence-corrected chi connectivity index (χ3v) is 4.04. The monoisotopic (exact) mass is 314 g/mol. The van der Waals surface area contributed by atoms with Crippen LogP contribution < -0.4 is 0 Å². The second kappa shape index (κ2) is 7.01. The second-order valence-electron chi connectivity index (χ2n) is 5.60. The van der Waals surface area contributed by atoms with Gasteiger partial charge in [-0.1, -0.05) is 61.2 Å². The summed E-state index contributed by atoms with van der Waals surface area (Å²) in [5, 5.41) is 0. The van der Waals surface area contributed by atoms with Gasteiger partial charge in [0.1, 0.15) is 0 Å². The van der Waals surface area contributed by atoms with Crippen molar-refractivity contribution >= 4 is 11.9 Å². The first-order valence-electron chi connectivity index (χ1n) is 7.80. The number of aromatic nitrogens is 2. The van der Waals surface area contributed by atoms with Gasteiger partial charge < -0.3 is 0 Å². The van der Waals surface area contributed by atoms with Crippen LogP contribution in [-0.2, 0) is 6.42 Å². The number of carbonyl (C=O) groups is 1. The van der Waals surface area contributed by atoms with E-state index in [1.54, 1.807) is 18.5 Å². The van der Waals surface area contributed by atoms with Crippen molar-refractivity contribution in [1.82, 2.24) is 9.97 Å². The second-order valence-corrected chi connectivity index (χ2v) is 5.60. The fourth-order valence-corrected chi connectivity index (χ4v) is 2.64. The zero-order valence-corrected chi connectivity index (χ0v) is 13.6. The summed E-state index contributed by atoms with van der Waals surface area (Å²) in [5.41, 5.74) is 5.20. The minimum absolute atomic E-state index is 0.0843. The molecule has 0 aliphatic carbocycles. The Hall–Kier alpha value is -3.07. The maximum atomic E-state index is 12.5. The number of hydrogen-bond acceptors (Lipinski definition) is 3. The van der Waals surface area contributed by atoms with Gasteiger partial charge in [0, 0.05) is 24.4 Å². The Labute approximate surface area is 141 Å². The highest BCUT2D eigenvalue weighted by atomic mass is 16.1. The van der Waals surface area contributed by atoms with Crippen LogP contribution in [0.5, 0.6) is 0 Å². The molecule has 3 aromatic rings. The van der Waals surface area contributed by atoms with Gasteiger partial charge in [-0.25, -0.2) is 9.97 Å². The zero-order valence-electron chi connectivity index (χ0n) is 13.6. The summed E-state index contributed by atoms with van der Waals surface area (Å²) < 4.78 is 0. The molecule has 0 aliphatic heterocycles. The summed E-state index contributed by atoms with van der Waals surface area (Å²) >= 11 is 0. The molecule has 0 radical (unpaired) electrons. The molecular formula is C21H18N2O. The molecule has 0 fully saturated rings. The fraction of sp³-hybridized carbons (Fsp3) is 0.0952. The normalized spacial score (nSPS) is 10.4. The maximum Gasteiger partial charge on any atom is 0.204 e. The van der Waals surface area contributed by atoms with E-state index in [-0.39, 0.29) is 11.6 Å². The summed E-state index contributed by atoms with van der Waals surface area (Å²) in [6, 6.07) is 16.2. The molecule has 2 aromatic carbocycles. The van der Waals surface area contributed by atoms with Crippen LogP contribution in [-0.4, -0.2) is 15.8 Å². The lowest BCUT2D eigenvalue weighted by molar-refractivity contribution is 0.0983. The number of Topliss-reactive ketones (excluding diaryl/α,β-unsaturated/α-hetero) is 1. The highest BCUT2D eigenvalue weighted by Crippen LogP contribution is 2.26. The van der Waals surface area contributed by atoms with E-state index in [0.29, 0.717) is 6.42 Å². The average molecular weight is 314 g/mol. The molecule has 3 rings (SSSR count). The van der Waals surface area contributed by atoms with E-state index >= 15 is 0 Å². The van der Waals surface area contributed by atoms with E-state index in [4.69, 9.17) is 0 Å². The van der Waals surface area contributed by atoms with Crippen LogP contribution in [0, 0.1) is 6.92 Å². The number of carbonyl (C=O) groups excluding carboxylic acids is 1. The zero-order chi connectivity index (χ0) is 16.9. The summed E-state index contributed by atoms with van der Waals surface area (Å²) in [7, 11) is 0. The van der Waals surface area contributed by atoms with Crippen molar-refractivity contribution in [3.63, 3.8) is 0 Å². The number of hydrogen-bond donors (Lipinski definition) is 0. The number of benzene rings is 2. The highest BCUT2D eigenvalue weighted by Gasteiger charge is 2.13. The Morgan fingerprint density at radius 3 is 2.42 bits per heavy atom. The summed E-state index contributed by atoms with van der Waals surface area (Å²) in [6.45, 7) is 5.71. The van der Waals surface area contributed by atoms with Crippen LogP contribution in [0.1, 0.15) is 27.3 Å². The van der Waals surface area contributed by atoms with Crippen molar-refractivity contribution in [2.45, 2.75) is 13.3 Å². The van der Waals surface area contributed by atoms with E-state index in [9.17, 15) is 4.79 Å². The largest absolute Gasteiger partial charge is 0.290 e. The minimum atomic E-state index is -0.0843.